The molecule has 0 radical (unpaired) electrons. The maximum atomic E-state index is 13.7. The van der Waals surface area contributed by atoms with Gasteiger partial charge >= 0.3 is 12.4 Å². The Balaban J connectivity index is 2.13. The maximum Gasteiger partial charge on any atom is 0.420 e. The van der Waals surface area contributed by atoms with E-state index in [-0.39, 0.29) is 17.3 Å². The molecule has 1 aliphatic rings. The number of amides is 1. The molecule has 13 heteroatoms. The fraction of sp³-hybridized carbons (Fsp3) is 0.250. The first-order valence-corrected chi connectivity index (χ1v) is 10.7. The number of hydrogen-bond donors (Lipinski definition) is 2. The van der Waals surface area contributed by atoms with Crippen LogP contribution in [0.2, 0.25) is 0 Å². The number of rotatable bonds is 4. The summed E-state index contributed by atoms with van der Waals surface area (Å²) in [6.07, 6.45) is -11.4. The molecule has 2 aromatic rings. The Labute approximate surface area is 184 Å². The summed E-state index contributed by atoms with van der Waals surface area (Å²) in [6, 6.07) is 9.74. The van der Waals surface area contributed by atoms with E-state index in [9.17, 15) is 39.6 Å². The van der Waals surface area contributed by atoms with Crippen molar-refractivity contribution in [3.05, 3.63) is 65.7 Å². The van der Waals surface area contributed by atoms with E-state index in [1.54, 1.807) is 11.6 Å². The third-order valence-corrected chi connectivity index (χ3v) is 6.26. The number of hydrazine groups is 1. The first kappa shape index (κ1) is 24.6. The minimum Gasteiger partial charge on any atom is -0.275 e. The second-order valence-electron chi connectivity index (χ2n) is 7.30. The SMILES string of the molecule is CC(=O)NS(=O)(=O)c1ccc(N2NC(C(F)(F)F)(C(F)(F)F)C=C2c2ccc(C)cc2)cc1. The van der Waals surface area contributed by atoms with Crippen LogP contribution in [0.25, 0.3) is 5.70 Å². The third kappa shape index (κ3) is 4.55. The first-order valence-electron chi connectivity index (χ1n) is 9.22. The molecule has 0 saturated carbocycles. The number of carbonyl (C=O) groups is 1. The molecular weight excluding hydrogens is 476 g/mol. The lowest BCUT2D eigenvalue weighted by Crippen LogP contribution is -2.65. The Hall–Kier alpha value is -3.06. The molecule has 2 N–H and O–H groups in total. The zero-order valence-corrected chi connectivity index (χ0v) is 17.9. The van der Waals surface area contributed by atoms with Crippen LogP contribution in [-0.2, 0) is 14.8 Å². The summed E-state index contributed by atoms with van der Waals surface area (Å²) in [5.74, 6) is -0.870. The predicted molar refractivity (Wildman–Crippen MR) is 107 cm³/mol. The summed E-state index contributed by atoms with van der Waals surface area (Å²) in [4.78, 5) is 10.7. The minimum absolute atomic E-state index is 0.0552. The van der Waals surface area contributed by atoms with Gasteiger partial charge in [0.2, 0.25) is 11.4 Å². The number of nitrogens with one attached hydrogen (secondary N) is 2. The van der Waals surface area contributed by atoms with Gasteiger partial charge in [-0.3, -0.25) is 9.80 Å². The predicted octanol–water partition coefficient (Wildman–Crippen LogP) is 4.05. The summed E-state index contributed by atoms with van der Waals surface area (Å²) in [7, 11) is -4.25. The Morgan fingerprint density at radius 2 is 1.45 bits per heavy atom. The molecule has 33 heavy (non-hydrogen) atoms. The van der Waals surface area contributed by atoms with Gasteiger partial charge in [-0.15, -0.1) is 0 Å². The van der Waals surface area contributed by atoms with Crippen molar-refractivity contribution in [2.24, 2.45) is 0 Å². The molecule has 0 bridgehead atoms. The Morgan fingerprint density at radius 3 is 1.91 bits per heavy atom. The number of carbonyl (C=O) groups excluding carboxylic acids is 1. The van der Waals surface area contributed by atoms with Crippen LogP contribution >= 0.6 is 0 Å². The molecule has 6 nitrogen and oxygen atoms in total. The average molecular weight is 493 g/mol. The standard InChI is InChI=1S/C20H17F6N3O3S/c1-12-3-5-14(6-4-12)17-11-18(19(21,22)23,20(24,25)26)28-29(17)15-7-9-16(10-8-15)33(31,32)27-13(2)30/h3-11,28H,1-2H3,(H,27,30). The van der Waals surface area contributed by atoms with Crippen molar-refractivity contribution in [1.82, 2.24) is 10.1 Å². The van der Waals surface area contributed by atoms with Crippen molar-refractivity contribution >= 4 is 27.3 Å². The Morgan fingerprint density at radius 1 is 0.939 bits per heavy atom. The smallest absolute Gasteiger partial charge is 0.275 e. The molecule has 178 valence electrons. The number of hydrogen-bond acceptors (Lipinski definition) is 5. The lowest BCUT2D eigenvalue weighted by Gasteiger charge is -2.34. The second-order valence-corrected chi connectivity index (χ2v) is 8.98. The highest BCUT2D eigenvalue weighted by molar-refractivity contribution is 7.90. The quantitative estimate of drug-likeness (QED) is 0.629. The summed E-state index contributed by atoms with van der Waals surface area (Å²) in [6.45, 7) is 2.67. The van der Waals surface area contributed by atoms with E-state index in [4.69, 9.17) is 0 Å². The molecule has 3 rings (SSSR count). The van der Waals surface area contributed by atoms with Crippen molar-refractivity contribution in [2.75, 3.05) is 5.01 Å². The van der Waals surface area contributed by atoms with E-state index in [2.05, 4.69) is 0 Å². The first-order chi connectivity index (χ1) is 15.1. The second kappa shape index (κ2) is 8.06. The van der Waals surface area contributed by atoms with Crippen molar-refractivity contribution in [1.29, 1.82) is 0 Å². The van der Waals surface area contributed by atoms with Gasteiger partial charge in [-0.1, -0.05) is 29.8 Å². The van der Waals surface area contributed by atoms with Gasteiger partial charge in [0, 0.05) is 6.92 Å². The zero-order chi connectivity index (χ0) is 24.8. The van der Waals surface area contributed by atoms with Gasteiger partial charge in [-0.2, -0.15) is 26.3 Å². The topological polar surface area (TPSA) is 78.5 Å². The summed E-state index contributed by atoms with van der Waals surface area (Å²) in [5, 5.41) is 0.598. The van der Waals surface area contributed by atoms with E-state index in [0.717, 1.165) is 36.8 Å². The summed E-state index contributed by atoms with van der Waals surface area (Å²) < 4.78 is 108. The van der Waals surface area contributed by atoms with Crippen molar-refractivity contribution in [2.45, 2.75) is 36.6 Å². The summed E-state index contributed by atoms with van der Waals surface area (Å²) >= 11 is 0. The van der Waals surface area contributed by atoms with Crippen LogP contribution in [0.5, 0.6) is 0 Å². The number of aryl methyl sites for hydroxylation is 1. The lowest BCUT2D eigenvalue weighted by atomic mass is 9.97. The van der Waals surface area contributed by atoms with E-state index in [0.29, 0.717) is 5.01 Å². The number of anilines is 1. The minimum atomic E-state index is -5.75. The highest BCUT2D eigenvalue weighted by Crippen LogP contribution is 2.49. The number of nitrogens with zero attached hydrogens (tertiary/aromatic N) is 1. The Bertz CT molecular complexity index is 1170. The molecule has 0 atom stereocenters. The van der Waals surface area contributed by atoms with Gasteiger partial charge in [0.25, 0.3) is 10.0 Å². The molecule has 0 spiro atoms. The van der Waals surface area contributed by atoms with E-state index < -0.39 is 44.4 Å². The zero-order valence-electron chi connectivity index (χ0n) is 17.0. The van der Waals surface area contributed by atoms with E-state index in [1.165, 1.54) is 29.7 Å². The molecule has 2 aromatic carbocycles. The maximum absolute atomic E-state index is 13.7. The van der Waals surface area contributed by atoms with Crippen molar-refractivity contribution in [3.63, 3.8) is 0 Å². The van der Waals surface area contributed by atoms with Crippen LogP contribution in [0.4, 0.5) is 32.0 Å². The van der Waals surface area contributed by atoms with E-state index in [1.807, 2.05) is 0 Å². The van der Waals surface area contributed by atoms with Crippen LogP contribution in [0, 0.1) is 6.92 Å². The van der Waals surface area contributed by atoms with Crippen molar-refractivity contribution < 1.29 is 39.6 Å². The molecule has 0 aliphatic carbocycles. The van der Waals surface area contributed by atoms with Crippen LogP contribution in [0.3, 0.4) is 0 Å². The lowest BCUT2D eigenvalue weighted by molar-refractivity contribution is -0.288. The monoisotopic (exact) mass is 493 g/mol. The molecule has 0 saturated heterocycles. The third-order valence-electron chi connectivity index (χ3n) is 4.81. The number of benzene rings is 2. The van der Waals surface area contributed by atoms with Gasteiger partial charge in [0.1, 0.15) is 0 Å². The molecule has 0 fully saturated rings. The van der Waals surface area contributed by atoms with Crippen LogP contribution in [0.15, 0.2) is 59.5 Å². The molecule has 0 aromatic heterocycles. The van der Waals surface area contributed by atoms with Gasteiger partial charge in [-0.05, 0) is 42.8 Å². The van der Waals surface area contributed by atoms with Gasteiger partial charge < -0.3 is 0 Å². The molecule has 1 aliphatic heterocycles. The van der Waals surface area contributed by atoms with Gasteiger partial charge in [-0.25, -0.2) is 18.6 Å². The fourth-order valence-corrected chi connectivity index (χ4v) is 4.14. The van der Waals surface area contributed by atoms with Crippen LogP contribution in [-0.4, -0.2) is 32.2 Å². The number of halogens is 6. The highest BCUT2D eigenvalue weighted by atomic mass is 32.2. The van der Waals surface area contributed by atoms with Gasteiger partial charge in [0.15, 0.2) is 0 Å². The van der Waals surface area contributed by atoms with E-state index >= 15 is 0 Å². The normalized spacial score (nSPS) is 16.5. The molecule has 1 heterocycles. The fourth-order valence-electron chi connectivity index (χ4n) is 3.15. The molecule has 1 amide bonds. The Kier molecular flexibility index (Phi) is 6.00. The summed E-state index contributed by atoms with van der Waals surface area (Å²) in [5.41, 5.74) is -2.67. The molecule has 0 unspecified atom stereocenters. The largest absolute Gasteiger partial charge is 0.420 e. The van der Waals surface area contributed by atoms with Crippen LogP contribution in [0.1, 0.15) is 18.1 Å². The van der Waals surface area contributed by atoms with Crippen LogP contribution < -0.4 is 15.2 Å². The number of sulfonamides is 1. The van der Waals surface area contributed by atoms with Crippen molar-refractivity contribution in [3.8, 4) is 0 Å². The molecular formula is C20H17F6N3O3S. The van der Waals surface area contributed by atoms with Gasteiger partial charge in [0.05, 0.1) is 16.3 Å². The average Bonchev–Trinajstić information content (AvgIpc) is 3.10. The highest BCUT2D eigenvalue weighted by Gasteiger charge is 2.72. The number of alkyl halides is 6.